The normalized spacial score (nSPS) is 14.7. The summed E-state index contributed by atoms with van der Waals surface area (Å²) >= 11 is 0. The van der Waals surface area contributed by atoms with Gasteiger partial charge in [-0.2, -0.15) is 5.10 Å². The Hall–Kier alpha value is -2.62. The van der Waals surface area contributed by atoms with Gasteiger partial charge in [0.25, 0.3) is 0 Å². The molecule has 26 heavy (non-hydrogen) atoms. The molecule has 1 heterocycles. The topological polar surface area (TPSA) is 40.0 Å². The number of hydrazone groups is 1. The van der Waals surface area contributed by atoms with Gasteiger partial charge in [-0.05, 0) is 43.0 Å². The summed E-state index contributed by atoms with van der Waals surface area (Å²) in [6.45, 7) is 5.01. The molecule has 3 rings (SSSR count). The van der Waals surface area contributed by atoms with Crippen LogP contribution in [0.1, 0.15) is 43.7 Å². The Morgan fingerprint density at radius 1 is 1.04 bits per heavy atom. The summed E-state index contributed by atoms with van der Waals surface area (Å²) in [5.41, 5.74) is 6.75. The molecule has 2 aromatic rings. The molecule has 0 aliphatic carbocycles. The first-order valence-electron chi connectivity index (χ1n) is 9.56. The Kier molecular flexibility index (Phi) is 6.82. The zero-order valence-electron chi connectivity index (χ0n) is 15.6. The highest BCUT2D eigenvalue weighted by Gasteiger charge is 2.05. The maximum Gasteiger partial charge on any atom is 0.117 e. The highest BCUT2D eigenvalue weighted by molar-refractivity contribution is 5.85. The summed E-state index contributed by atoms with van der Waals surface area (Å²) in [5.74, 6) is 1.01. The second kappa shape index (κ2) is 9.76. The van der Waals surface area contributed by atoms with Crippen LogP contribution in [-0.4, -0.2) is 25.1 Å². The minimum absolute atomic E-state index is 0.917. The van der Waals surface area contributed by atoms with Crippen LogP contribution in [0.2, 0.25) is 0 Å². The van der Waals surface area contributed by atoms with Crippen molar-refractivity contribution in [3.63, 3.8) is 0 Å². The molecule has 0 saturated heterocycles. The van der Waals surface area contributed by atoms with E-state index in [1.807, 2.05) is 6.21 Å². The largest absolute Gasteiger partial charge is 0.367 e. The predicted molar refractivity (Wildman–Crippen MR) is 111 cm³/mol. The molecule has 0 amide bonds. The Balaban J connectivity index is 1.58. The van der Waals surface area contributed by atoms with E-state index in [4.69, 9.17) is 0 Å². The molecule has 1 aliphatic rings. The first-order chi connectivity index (χ1) is 12.8. The van der Waals surface area contributed by atoms with Crippen LogP contribution in [0.15, 0.2) is 64.7 Å². The van der Waals surface area contributed by atoms with Gasteiger partial charge >= 0.3 is 0 Å². The lowest BCUT2D eigenvalue weighted by Gasteiger charge is -2.23. The van der Waals surface area contributed by atoms with Crippen molar-refractivity contribution in [3.8, 4) is 0 Å². The summed E-state index contributed by atoms with van der Waals surface area (Å²) in [6, 6.07) is 19.1. The van der Waals surface area contributed by atoms with E-state index < -0.39 is 0 Å². The number of aliphatic imine (C=N–C) groups is 1. The predicted octanol–water partition coefficient (Wildman–Crippen LogP) is 4.61. The molecule has 2 aromatic carbocycles. The van der Waals surface area contributed by atoms with Crippen LogP contribution in [0.25, 0.3) is 0 Å². The Morgan fingerprint density at radius 3 is 2.62 bits per heavy atom. The van der Waals surface area contributed by atoms with Gasteiger partial charge in [0.1, 0.15) is 5.84 Å². The van der Waals surface area contributed by atoms with Gasteiger partial charge < -0.3 is 4.90 Å². The molecule has 0 fully saturated rings. The van der Waals surface area contributed by atoms with Crippen LogP contribution in [0.5, 0.6) is 0 Å². The number of rotatable bonds is 6. The highest BCUT2D eigenvalue weighted by atomic mass is 15.3. The molecular weight excluding hydrogens is 320 g/mol. The molecule has 4 heteroatoms. The lowest BCUT2D eigenvalue weighted by atomic mass is 10.1. The fourth-order valence-electron chi connectivity index (χ4n) is 3.11. The van der Waals surface area contributed by atoms with Crippen molar-refractivity contribution in [1.82, 2.24) is 5.43 Å². The number of nitrogens with zero attached hydrogens (tertiary/aromatic N) is 3. The number of benzene rings is 2. The zero-order chi connectivity index (χ0) is 18.0. The maximum atomic E-state index is 4.53. The van der Waals surface area contributed by atoms with Crippen molar-refractivity contribution in [1.29, 1.82) is 0 Å². The summed E-state index contributed by atoms with van der Waals surface area (Å²) in [7, 11) is 0. The Labute approximate surface area is 156 Å². The van der Waals surface area contributed by atoms with E-state index >= 15 is 0 Å². The van der Waals surface area contributed by atoms with Crippen molar-refractivity contribution in [3.05, 3.63) is 65.7 Å². The van der Waals surface area contributed by atoms with Crippen LogP contribution >= 0.6 is 0 Å². The lowest BCUT2D eigenvalue weighted by Crippen LogP contribution is -2.21. The Bertz CT molecular complexity index is 720. The van der Waals surface area contributed by atoms with Gasteiger partial charge in [-0.15, -0.1) is 0 Å². The average Bonchev–Trinajstić information content (AvgIpc) is 2.96. The molecule has 0 aromatic heterocycles. The fraction of sp³-hybridized carbons (Fsp3) is 0.364. The highest BCUT2D eigenvalue weighted by Crippen LogP contribution is 2.17. The first kappa shape index (κ1) is 18.2. The third-order valence-corrected chi connectivity index (χ3v) is 4.64. The van der Waals surface area contributed by atoms with E-state index in [0.717, 1.165) is 37.5 Å². The van der Waals surface area contributed by atoms with Gasteiger partial charge in [-0.3, -0.25) is 10.4 Å². The van der Waals surface area contributed by atoms with E-state index in [2.05, 4.69) is 81.9 Å². The van der Waals surface area contributed by atoms with E-state index in [1.165, 1.54) is 30.5 Å². The summed E-state index contributed by atoms with van der Waals surface area (Å²) in [6.07, 6.45) is 6.51. The van der Waals surface area contributed by atoms with Crippen LogP contribution in [-0.2, 0) is 6.54 Å². The van der Waals surface area contributed by atoms with E-state index in [9.17, 15) is 0 Å². The van der Waals surface area contributed by atoms with Crippen LogP contribution in [0.4, 0.5) is 5.69 Å². The number of hydrogen-bond acceptors (Lipinski definition) is 4. The molecule has 0 saturated carbocycles. The number of nitrogens with one attached hydrogen (secondary N) is 1. The Morgan fingerprint density at radius 2 is 1.85 bits per heavy atom. The van der Waals surface area contributed by atoms with Gasteiger partial charge in [-0.1, -0.05) is 48.9 Å². The fourth-order valence-corrected chi connectivity index (χ4v) is 3.11. The molecule has 0 spiro atoms. The first-order valence-corrected chi connectivity index (χ1v) is 9.56. The smallest absolute Gasteiger partial charge is 0.117 e. The quantitative estimate of drug-likeness (QED) is 0.612. The second-order valence-electron chi connectivity index (χ2n) is 6.60. The minimum atomic E-state index is 0.917. The SMILES string of the molecule is CCN(Cc1ccccc1)c1ccc(C=NNC2=NCCCCC2)cc1. The van der Waals surface area contributed by atoms with Gasteiger partial charge in [0, 0.05) is 31.7 Å². The molecular formula is C22H28N4. The average molecular weight is 348 g/mol. The second-order valence-corrected chi connectivity index (χ2v) is 6.60. The van der Waals surface area contributed by atoms with E-state index in [0.29, 0.717) is 0 Å². The molecule has 1 N–H and O–H groups in total. The number of amidine groups is 1. The summed E-state index contributed by atoms with van der Waals surface area (Å²) in [5, 5.41) is 4.35. The van der Waals surface area contributed by atoms with Gasteiger partial charge in [0.15, 0.2) is 0 Å². The van der Waals surface area contributed by atoms with Crippen LogP contribution < -0.4 is 10.3 Å². The van der Waals surface area contributed by atoms with Gasteiger partial charge in [0.05, 0.1) is 6.21 Å². The number of anilines is 1. The van der Waals surface area contributed by atoms with Crippen LogP contribution in [0, 0.1) is 0 Å². The molecule has 0 atom stereocenters. The van der Waals surface area contributed by atoms with Crippen molar-refractivity contribution < 1.29 is 0 Å². The molecule has 4 nitrogen and oxygen atoms in total. The summed E-state index contributed by atoms with van der Waals surface area (Å²) < 4.78 is 0. The van der Waals surface area contributed by atoms with E-state index in [-0.39, 0.29) is 0 Å². The molecule has 0 radical (unpaired) electrons. The van der Waals surface area contributed by atoms with Crippen molar-refractivity contribution in [2.45, 2.75) is 39.2 Å². The molecule has 0 bridgehead atoms. The van der Waals surface area contributed by atoms with Crippen LogP contribution in [0.3, 0.4) is 0 Å². The monoisotopic (exact) mass is 348 g/mol. The standard InChI is InChI=1S/C22H28N4/c1-2-26(18-20-9-5-3-6-10-20)21-14-12-19(13-15-21)17-24-25-22-11-7-4-8-16-23-22/h3,5-6,9-10,12-15,17H,2,4,7-8,11,16,18H2,1H3,(H,23,25). The molecule has 0 unspecified atom stereocenters. The van der Waals surface area contributed by atoms with Gasteiger partial charge in [0.2, 0.25) is 0 Å². The van der Waals surface area contributed by atoms with Crippen molar-refractivity contribution >= 4 is 17.7 Å². The third kappa shape index (κ3) is 5.45. The molecule has 136 valence electrons. The van der Waals surface area contributed by atoms with Crippen molar-refractivity contribution in [2.75, 3.05) is 18.0 Å². The third-order valence-electron chi connectivity index (χ3n) is 4.64. The van der Waals surface area contributed by atoms with Gasteiger partial charge in [-0.25, -0.2) is 0 Å². The minimum Gasteiger partial charge on any atom is -0.367 e. The van der Waals surface area contributed by atoms with Crippen molar-refractivity contribution in [2.24, 2.45) is 10.1 Å². The maximum absolute atomic E-state index is 4.53. The molecule has 1 aliphatic heterocycles. The zero-order valence-corrected chi connectivity index (χ0v) is 15.6. The lowest BCUT2D eigenvalue weighted by molar-refractivity contribution is 0.729. The number of hydrogen-bond donors (Lipinski definition) is 1. The van der Waals surface area contributed by atoms with E-state index in [1.54, 1.807) is 0 Å². The summed E-state index contributed by atoms with van der Waals surface area (Å²) in [4.78, 5) is 6.90.